The summed E-state index contributed by atoms with van der Waals surface area (Å²) in [6, 6.07) is -2.98. The van der Waals surface area contributed by atoms with Crippen molar-refractivity contribution in [2.24, 2.45) is 23.1 Å². The Morgan fingerprint density at radius 1 is 0.968 bits per heavy atom. The molecule has 0 aliphatic rings. The van der Waals surface area contributed by atoms with Crippen LogP contribution in [0, 0.1) is 5.92 Å². The molecule has 31 heavy (non-hydrogen) atoms. The molecule has 0 spiro atoms. The summed E-state index contributed by atoms with van der Waals surface area (Å²) in [7, 11) is 0. The summed E-state index contributed by atoms with van der Waals surface area (Å²) >= 11 is 0. The monoisotopic (exact) mass is 444 g/mol. The van der Waals surface area contributed by atoms with E-state index in [2.05, 4.69) is 16.0 Å². The van der Waals surface area contributed by atoms with E-state index in [4.69, 9.17) is 22.3 Å². The molecule has 0 aliphatic carbocycles. The van der Waals surface area contributed by atoms with Crippen LogP contribution in [-0.2, 0) is 24.0 Å². The van der Waals surface area contributed by atoms with Crippen molar-refractivity contribution in [3.05, 3.63) is 0 Å². The predicted molar refractivity (Wildman–Crippen MR) is 113 cm³/mol. The fourth-order valence-corrected chi connectivity index (χ4v) is 2.70. The van der Waals surface area contributed by atoms with Gasteiger partial charge in [-0.25, -0.2) is 0 Å². The fourth-order valence-electron chi connectivity index (χ4n) is 2.70. The Bertz CT molecular complexity index is 629. The Morgan fingerprint density at radius 2 is 1.61 bits per heavy atom. The van der Waals surface area contributed by atoms with Gasteiger partial charge in [-0.1, -0.05) is 20.3 Å². The van der Waals surface area contributed by atoms with Crippen molar-refractivity contribution in [3.63, 3.8) is 0 Å². The maximum absolute atomic E-state index is 12.9. The molecule has 0 fully saturated rings. The topological polar surface area (TPSA) is 220 Å². The molecule has 0 aromatic rings. The van der Waals surface area contributed by atoms with E-state index in [1.54, 1.807) is 6.92 Å². The van der Waals surface area contributed by atoms with Gasteiger partial charge in [0.25, 0.3) is 0 Å². The van der Waals surface area contributed by atoms with E-state index >= 15 is 0 Å². The van der Waals surface area contributed by atoms with Gasteiger partial charge in [0.05, 0.1) is 6.04 Å². The molecule has 0 bridgehead atoms. The Labute approximate surface area is 182 Å². The van der Waals surface area contributed by atoms with Crippen molar-refractivity contribution in [1.82, 2.24) is 16.0 Å². The summed E-state index contributed by atoms with van der Waals surface area (Å²) < 4.78 is 0. The molecule has 4 atom stereocenters. The van der Waals surface area contributed by atoms with Crippen molar-refractivity contribution < 1.29 is 29.1 Å². The number of aliphatic carboxylic acids is 1. The highest BCUT2D eigenvalue weighted by Crippen LogP contribution is 2.10. The van der Waals surface area contributed by atoms with E-state index < -0.39 is 54.3 Å². The lowest BCUT2D eigenvalue weighted by Gasteiger charge is -2.27. The van der Waals surface area contributed by atoms with Crippen molar-refractivity contribution in [3.8, 4) is 0 Å². The summed E-state index contributed by atoms with van der Waals surface area (Å²) in [6.45, 7) is 3.40. The average molecular weight is 445 g/mol. The van der Waals surface area contributed by atoms with Crippen LogP contribution in [-0.4, -0.2) is 65.9 Å². The zero-order valence-electron chi connectivity index (χ0n) is 18.2. The van der Waals surface area contributed by atoms with E-state index in [9.17, 15) is 24.0 Å². The van der Waals surface area contributed by atoms with Gasteiger partial charge in [-0.2, -0.15) is 0 Å². The lowest BCUT2D eigenvalue weighted by atomic mass is 9.97. The van der Waals surface area contributed by atoms with Gasteiger partial charge in [-0.05, 0) is 38.1 Å². The second-order valence-corrected chi connectivity index (χ2v) is 7.44. The number of nitrogens with one attached hydrogen (secondary N) is 3. The molecule has 0 radical (unpaired) electrons. The highest BCUT2D eigenvalue weighted by Gasteiger charge is 2.30. The molecule has 0 aliphatic heterocycles. The van der Waals surface area contributed by atoms with Gasteiger partial charge in [-0.3, -0.25) is 24.0 Å². The second-order valence-electron chi connectivity index (χ2n) is 7.44. The first-order valence-corrected chi connectivity index (χ1v) is 10.4. The van der Waals surface area contributed by atoms with Gasteiger partial charge in [0, 0.05) is 6.42 Å². The number of hydrogen-bond donors (Lipinski definition) is 7. The van der Waals surface area contributed by atoms with Crippen LogP contribution in [0.3, 0.4) is 0 Å². The minimum Gasteiger partial charge on any atom is -0.480 e. The molecular weight excluding hydrogens is 408 g/mol. The van der Waals surface area contributed by atoms with Crippen LogP contribution in [0.5, 0.6) is 0 Å². The van der Waals surface area contributed by atoms with Crippen molar-refractivity contribution in [1.29, 1.82) is 0 Å². The summed E-state index contributed by atoms with van der Waals surface area (Å²) in [4.78, 5) is 59.2. The number of carboxylic acid groups (broad SMARTS) is 1. The predicted octanol–water partition coefficient (Wildman–Crippen LogP) is -2.08. The summed E-state index contributed by atoms with van der Waals surface area (Å²) in [5.74, 6) is -3.93. The van der Waals surface area contributed by atoms with Crippen molar-refractivity contribution in [2.75, 3.05) is 13.1 Å². The van der Waals surface area contributed by atoms with Crippen LogP contribution >= 0.6 is 0 Å². The third-order valence-electron chi connectivity index (χ3n) is 4.83. The quantitative estimate of drug-likeness (QED) is 0.131. The smallest absolute Gasteiger partial charge is 0.322 e. The number of carboxylic acids is 1. The summed E-state index contributed by atoms with van der Waals surface area (Å²) in [5, 5.41) is 16.2. The molecule has 0 rings (SSSR count). The first-order valence-electron chi connectivity index (χ1n) is 10.4. The maximum Gasteiger partial charge on any atom is 0.322 e. The third-order valence-corrected chi connectivity index (χ3v) is 4.83. The van der Waals surface area contributed by atoms with Gasteiger partial charge in [0.2, 0.25) is 23.6 Å². The van der Waals surface area contributed by atoms with Crippen LogP contribution in [0.15, 0.2) is 0 Å². The minimum absolute atomic E-state index is 0.0331. The zero-order chi connectivity index (χ0) is 24.0. The van der Waals surface area contributed by atoms with Crippen LogP contribution < -0.4 is 33.2 Å². The normalized spacial score (nSPS) is 14.6. The van der Waals surface area contributed by atoms with E-state index in [1.165, 1.54) is 0 Å². The van der Waals surface area contributed by atoms with Gasteiger partial charge in [0.1, 0.15) is 18.6 Å². The molecule has 12 heteroatoms. The number of hydrogen-bond acceptors (Lipinski definition) is 7. The largest absolute Gasteiger partial charge is 0.480 e. The van der Waals surface area contributed by atoms with E-state index in [0.29, 0.717) is 25.8 Å². The highest BCUT2D eigenvalue weighted by molar-refractivity contribution is 5.93. The van der Waals surface area contributed by atoms with Crippen LogP contribution in [0.4, 0.5) is 0 Å². The van der Waals surface area contributed by atoms with Crippen LogP contribution in [0.2, 0.25) is 0 Å². The number of unbranched alkanes of at least 4 members (excludes halogenated alkanes) is 1. The van der Waals surface area contributed by atoms with Crippen LogP contribution in [0.25, 0.3) is 0 Å². The molecule has 0 heterocycles. The number of carbonyl (C=O) groups is 5. The van der Waals surface area contributed by atoms with Crippen LogP contribution in [0.1, 0.15) is 52.4 Å². The molecule has 0 aromatic heterocycles. The Balaban J connectivity index is 5.27. The number of amides is 4. The number of rotatable bonds is 16. The molecule has 4 unspecified atom stereocenters. The minimum atomic E-state index is -1.21. The SMILES string of the molecule is CCC(C)C(NC(=O)C(CCCCN)NC(=O)C(N)CCC(N)=O)C(=O)NCC(=O)O. The number of nitrogens with two attached hydrogens (primary N) is 3. The van der Waals surface area contributed by atoms with E-state index in [1.807, 2.05) is 6.92 Å². The molecular formula is C19H36N6O6. The van der Waals surface area contributed by atoms with Gasteiger partial charge in [0.15, 0.2) is 0 Å². The van der Waals surface area contributed by atoms with Gasteiger partial charge in [-0.15, -0.1) is 0 Å². The molecule has 0 aromatic carbocycles. The highest BCUT2D eigenvalue weighted by atomic mass is 16.4. The number of carbonyl (C=O) groups excluding carboxylic acids is 4. The standard InChI is InChI=1S/C19H36N6O6/c1-3-11(2)16(19(31)23-10-15(27)28)25-18(30)13(6-4-5-9-20)24-17(29)12(21)7-8-14(22)26/h11-13,16H,3-10,20-21H2,1-2H3,(H2,22,26)(H,23,31)(H,24,29)(H,25,30)(H,27,28). The molecule has 12 nitrogen and oxygen atoms in total. The second kappa shape index (κ2) is 15.1. The summed E-state index contributed by atoms with van der Waals surface area (Å²) in [5.41, 5.74) is 16.3. The molecule has 4 amide bonds. The van der Waals surface area contributed by atoms with E-state index in [0.717, 1.165) is 0 Å². The Hall–Kier alpha value is -2.73. The lowest BCUT2D eigenvalue weighted by Crippen LogP contribution is -2.57. The van der Waals surface area contributed by atoms with Crippen molar-refractivity contribution >= 4 is 29.6 Å². The van der Waals surface area contributed by atoms with Crippen molar-refractivity contribution in [2.45, 2.75) is 70.5 Å². The fraction of sp³-hybridized carbons (Fsp3) is 0.737. The Morgan fingerprint density at radius 3 is 2.13 bits per heavy atom. The number of primary amides is 1. The van der Waals surface area contributed by atoms with E-state index in [-0.39, 0.29) is 25.2 Å². The third kappa shape index (κ3) is 11.9. The Kier molecular flexibility index (Phi) is 13.8. The molecule has 0 saturated carbocycles. The molecule has 0 saturated heterocycles. The van der Waals surface area contributed by atoms with Gasteiger partial charge >= 0.3 is 5.97 Å². The average Bonchev–Trinajstić information content (AvgIpc) is 2.72. The molecule has 10 N–H and O–H groups in total. The zero-order valence-corrected chi connectivity index (χ0v) is 18.2. The molecule has 178 valence electrons. The first kappa shape index (κ1) is 28.3. The maximum atomic E-state index is 12.9. The summed E-state index contributed by atoms with van der Waals surface area (Å²) in [6.07, 6.45) is 1.95. The van der Waals surface area contributed by atoms with Gasteiger partial charge < -0.3 is 38.3 Å². The lowest BCUT2D eigenvalue weighted by molar-refractivity contribution is -0.139. The first-order chi connectivity index (χ1) is 14.5.